The number of hydrogen-bond donors (Lipinski definition) is 0. The van der Waals surface area contributed by atoms with Crippen LogP contribution in [0.3, 0.4) is 0 Å². The summed E-state index contributed by atoms with van der Waals surface area (Å²) in [5.74, 6) is 4.07. The van der Waals surface area contributed by atoms with Crippen LogP contribution in [0.4, 0.5) is 0 Å². The zero-order chi connectivity index (χ0) is 61.3. The molecular weight excluding hydrogens is 1350 g/mol. The van der Waals surface area contributed by atoms with Crippen LogP contribution in [0.15, 0.2) is 48.5 Å². The van der Waals surface area contributed by atoms with Gasteiger partial charge in [0.05, 0.1) is 26.4 Å². The van der Waals surface area contributed by atoms with Crippen molar-refractivity contribution in [2.24, 2.45) is 0 Å². The Morgan fingerprint density at radius 2 is 0.395 bits per heavy atom. The molecule has 12 N–H and O–H groups in total. The van der Waals surface area contributed by atoms with Crippen LogP contribution >= 0.6 is 139 Å². The number of halogens is 12. The summed E-state index contributed by atoms with van der Waals surface area (Å²) in [6.07, 6.45) is 11.1. The fourth-order valence-corrected chi connectivity index (χ4v) is 8.64. The maximum Gasteiger partial charge on any atom is 0.180 e. The monoisotopic (exact) mass is 1450 g/mol. The predicted molar refractivity (Wildman–Crippen MR) is 380 cm³/mol. The maximum atomic E-state index is 7.08. The fraction of sp³-hybridized carbons (Fsp3) is 0.625. The Morgan fingerprint density at radius 3 is 0.488 bits per heavy atom. The standard InChI is InChI=1S/C60H88O4.4CHCl3.6H2O/c1-17-21-25-61-53-41-29-43-35-50(58(8,9)10)37-45(54(43)62-26-22-18-2)31-47-39-52(60(14,15)16)40-48(56(47)64-28-24-20-4)32-46-38-51(59(11,12)13)36-44(55(46)63-27-23-19-3)30-42(53)34-49(33-41)57(5,6)7;4*2-1(3)4;;;;;;/h33-40H,17-32H2,1-16H3;4*1H;6*1H2. The van der Waals surface area contributed by atoms with E-state index in [9.17, 15) is 0 Å². The van der Waals surface area contributed by atoms with Crippen molar-refractivity contribution in [2.75, 3.05) is 26.4 Å². The summed E-state index contributed by atoms with van der Waals surface area (Å²) < 4.78 is 25.3. The molecule has 0 radical (unpaired) electrons. The first-order valence-corrected chi connectivity index (χ1v) is 33.1. The second-order valence-electron chi connectivity index (χ2n) is 24.0. The van der Waals surface area contributed by atoms with Crippen LogP contribution in [0.5, 0.6) is 23.0 Å². The van der Waals surface area contributed by atoms with Crippen molar-refractivity contribution >= 4 is 139 Å². The first-order valence-electron chi connectivity index (χ1n) is 27.9. The summed E-state index contributed by atoms with van der Waals surface area (Å²) in [5.41, 5.74) is 14.8. The van der Waals surface area contributed by atoms with Gasteiger partial charge < -0.3 is 51.8 Å². The highest BCUT2D eigenvalue weighted by Crippen LogP contribution is 2.45. The summed E-state index contributed by atoms with van der Waals surface area (Å²) >= 11 is 57.7. The van der Waals surface area contributed by atoms with Crippen LogP contribution in [0, 0.1) is 0 Å². The Balaban J connectivity index is -0.000000647. The summed E-state index contributed by atoms with van der Waals surface area (Å²) in [5, 5.41) is 0. The van der Waals surface area contributed by atoms with Gasteiger partial charge in [0.25, 0.3) is 0 Å². The van der Waals surface area contributed by atoms with Crippen LogP contribution in [-0.2, 0) is 47.3 Å². The van der Waals surface area contributed by atoms with Crippen LogP contribution in [0.25, 0.3) is 0 Å². The lowest BCUT2D eigenvalue weighted by atomic mass is 9.79. The Kier molecular flexibility index (Phi) is 53.0. The third-order valence-electron chi connectivity index (χ3n) is 12.9. The molecule has 0 atom stereocenters. The SMILES string of the molecule is CCCCOc1c2cc(C(C)(C)C)cc1Cc1cc(C(C)(C)C)cc(c1OCCCC)Cc1cc(C(C)(C)C)cc(c1OCCCC)Cc1cc(C(C)(C)C)cc(c1OCCCC)C2.ClC(Cl)Cl.ClC(Cl)Cl.ClC(Cl)Cl.ClC(Cl)Cl.O.O.O.O.O.O. The molecule has 5 rings (SSSR count). The number of hydrogen-bond acceptors (Lipinski definition) is 4. The molecule has 8 bridgehead atoms. The van der Waals surface area contributed by atoms with Crippen LogP contribution in [0.2, 0.25) is 0 Å². The van der Waals surface area contributed by atoms with Gasteiger partial charge in [-0.2, -0.15) is 0 Å². The lowest BCUT2D eigenvalue weighted by Gasteiger charge is -2.29. The third-order valence-corrected chi connectivity index (χ3v) is 12.9. The van der Waals surface area contributed by atoms with E-state index >= 15 is 0 Å². The van der Waals surface area contributed by atoms with Crippen molar-refractivity contribution in [1.29, 1.82) is 0 Å². The van der Waals surface area contributed by atoms with Gasteiger partial charge in [0.1, 0.15) is 23.0 Å². The molecule has 0 amide bonds. The molecule has 0 aliphatic heterocycles. The van der Waals surface area contributed by atoms with Crippen LogP contribution in [-0.4, -0.2) is 76.5 Å². The lowest BCUT2D eigenvalue weighted by molar-refractivity contribution is 0.297. The largest absolute Gasteiger partial charge is 0.493 e. The zero-order valence-electron chi connectivity index (χ0n) is 53.4. The molecule has 4 aromatic carbocycles. The number of unbranched alkanes of at least 4 members (excludes halogenated alkanes) is 4. The topological polar surface area (TPSA) is 226 Å². The molecule has 0 heterocycles. The van der Waals surface area contributed by atoms with Crippen LogP contribution < -0.4 is 18.9 Å². The molecule has 1 aliphatic rings. The molecular formula is C64H104Cl12O10. The molecule has 1 aliphatic carbocycles. The van der Waals surface area contributed by atoms with E-state index in [1.165, 1.54) is 66.8 Å². The summed E-state index contributed by atoms with van der Waals surface area (Å²) in [6, 6.07) is 19.6. The van der Waals surface area contributed by atoms with Crippen molar-refractivity contribution < 1.29 is 51.8 Å². The smallest absolute Gasteiger partial charge is 0.180 e. The van der Waals surface area contributed by atoms with E-state index in [4.69, 9.17) is 158 Å². The second kappa shape index (κ2) is 47.2. The lowest BCUT2D eigenvalue weighted by Crippen LogP contribution is -2.18. The van der Waals surface area contributed by atoms with Gasteiger partial charge in [-0.1, -0.05) is 324 Å². The first-order chi connectivity index (χ1) is 37.0. The fourth-order valence-electron chi connectivity index (χ4n) is 8.64. The molecule has 0 aromatic heterocycles. The van der Waals surface area contributed by atoms with Gasteiger partial charge in [0, 0.05) is 25.7 Å². The van der Waals surface area contributed by atoms with Crippen molar-refractivity contribution in [1.82, 2.24) is 0 Å². The number of rotatable bonds is 16. The van der Waals surface area contributed by atoms with Crippen LogP contribution in [0.1, 0.15) is 229 Å². The number of alkyl halides is 12. The van der Waals surface area contributed by atoms with Gasteiger partial charge in [0.15, 0.2) is 17.2 Å². The van der Waals surface area contributed by atoms with Crippen molar-refractivity contribution in [2.45, 2.75) is 227 Å². The van der Waals surface area contributed by atoms with E-state index in [0.29, 0.717) is 52.1 Å². The van der Waals surface area contributed by atoms with Gasteiger partial charge in [-0.15, -0.1) is 0 Å². The molecule has 10 nitrogen and oxygen atoms in total. The van der Waals surface area contributed by atoms with Crippen molar-refractivity contribution in [3.63, 3.8) is 0 Å². The molecule has 504 valence electrons. The quantitative estimate of drug-likeness (QED) is 0.0694. The zero-order valence-corrected chi connectivity index (χ0v) is 62.5. The van der Waals surface area contributed by atoms with E-state index in [0.717, 1.165) is 74.4 Å². The Hall–Kier alpha value is -0.680. The summed E-state index contributed by atoms with van der Waals surface area (Å²) in [7, 11) is 0. The molecule has 0 fully saturated rings. The minimum absolute atomic E-state index is 0. The van der Waals surface area contributed by atoms with E-state index in [-0.39, 0.29) is 54.5 Å². The minimum Gasteiger partial charge on any atom is -0.493 e. The van der Waals surface area contributed by atoms with E-state index in [1.807, 2.05) is 0 Å². The van der Waals surface area contributed by atoms with Gasteiger partial charge in [-0.05, 0) is 114 Å². The molecule has 0 spiro atoms. The number of ether oxygens (including phenoxy) is 4. The molecule has 22 heteroatoms. The molecule has 86 heavy (non-hydrogen) atoms. The summed E-state index contributed by atoms with van der Waals surface area (Å²) in [6.45, 7) is 39.8. The average molecular weight is 1460 g/mol. The molecule has 0 saturated heterocycles. The highest BCUT2D eigenvalue weighted by molar-refractivity contribution is 6.64. The molecule has 0 saturated carbocycles. The van der Waals surface area contributed by atoms with Crippen molar-refractivity contribution in [3.8, 4) is 23.0 Å². The number of fused-ring (bicyclic) bond motifs is 8. The van der Waals surface area contributed by atoms with Gasteiger partial charge >= 0.3 is 0 Å². The first kappa shape index (κ1) is 96.4. The molecule has 4 aromatic rings. The minimum atomic E-state index is -0.750. The number of benzene rings is 4. The Labute approximate surface area is 577 Å². The molecule has 0 unspecified atom stereocenters. The van der Waals surface area contributed by atoms with E-state index in [1.54, 1.807) is 0 Å². The second-order valence-corrected chi connectivity index (χ2v) is 31.9. The van der Waals surface area contributed by atoms with Gasteiger partial charge in [-0.25, -0.2) is 0 Å². The third kappa shape index (κ3) is 37.1. The van der Waals surface area contributed by atoms with Crippen molar-refractivity contribution in [3.05, 3.63) is 115 Å². The van der Waals surface area contributed by atoms with E-state index < -0.39 is 17.2 Å². The average Bonchev–Trinajstić information content (AvgIpc) is 3.29. The Bertz CT molecular complexity index is 2000. The maximum absolute atomic E-state index is 7.08. The van der Waals surface area contributed by atoms with Gasteiger partial charge in [0.2, 0.25) is 0 Å². The van der Waals surface area contributed by atoms with E-state index in [2.05, 4.69) is 159 Å². The summed E-state index contributed by atoms with van der Waals surface area (Å²) in [4.78, 5) is 0. The Morgan fingerprint density at radius 1 is 0.279 bits per heavy atom. The predicted octanol–water partition coefficient (Wildman–Crippen LogP) is 19.3. The normalized spacial score (nSPS) is 11.7. The van der Waals surface area contributed by atoms with Gasteiger partial charge in [-0.3, -0.25) is 0 Å². The highest BCUT2D eigenvalue weighted by atomic mass is 35.6. The highest BCUT2D eigenvalue weighted by Gasteiger charge is 2.29.